The molecule has 126 valence electrons. The van der Waals surface area contributed by atoms with E-state index in [1.807, 2.05) is 25.1 Å². The van der Waals surface area contributed by atoms with Gasteiger partial charge in [-0.1, -0.05) is 38.1 Å². The van der Waals surface area contributed by atoms with Crippen LogP contribution in [0.5, 0.6) is 0 Å². The first kappa shape index (κ1) is 17.5. The molecule has 0 unspecified atom stereocenters. The lowest BCUT2D eigenvalue weighted by Gasteiger charge is -2.16. The molecule has 0 aliphatic carbocycles. The molecule has 0 saturated heterocycles. The molecule has 1 amide bonds. The van der Waals surface area contributed by atoms with Crippen molar-refractivity contribution >= 4 is 23.0 Å². The van der Waals surface area contributed by atoms with Crippen molar-refractivity contribution in [3.8, 4) is 0 Å². The van der Waals surface area contributed by atoms with E-state index < -0.39 is 4.92 Å². The molecule has 2 N–H and O–H groups in total. The van der Waals surface area contributed by atoms with Crippen molar-refractivity contribution < 1.29 is 9.72 Å². The average Bonchev–Trinajstić information content (AvgIpc) is 2.55. The van der Waals surface area contributed by atoms with E-state index in [9.17, 15) is 14.9 Å². The third-order valence-corrected chi connectivity index (χ3v) is 3.70. The zero-order valence-corrected chi connectivity index (χ0v) is 14.0. The molecule has 6 heteroatoms. The molecular weight excluding hydrogens is 306 g/mol. The van der Waals surface area contributed by atoms with E-state index in [1.165, 1.54) is 12.1 Å². The summed E-state index contributed by atoms with van der Waals surface area (Å²) in [5.74, 6) is 0.0997. The highest BCUT2D eigenvalue weighted by Crippen LogP contribution is 2.27. The first-order valence-electron chi connectivity index (χ1n) is 7.76. The van der Waals surface area contributed by atoms with Crippen molar-refractivity contribution in [2.45, 2.75) is 26.7 Å². The topological polar surface area (TPSA) is 84.3 Å². The number of hydrogen-bond donors (Lipinski definition) is 2. The van der Waals surface area contributed by atoms with Crippen LogP contribution in [0.1, 0.15) is 30.9 Å². The minimum atomic E-state index is -0.465. The van der Waals surface area contributed by atoms with Gasteiger partial charge in [0.2, 0.25) is 5.91 Å². The van der Waals surface area contributed by atoms with E-state index >= 15 is 0 Å². The number of non-ortho nitro benzene ring substituents is 1. The van der Waals surface area contributed by atoms with Gasteiger partial charge < -0.3 is 10.6 Å². The summed E-state index contributed by atoms with van der Waals surface area (Å²) < 4.78 is 0. The molecule has 6 nitrogen and oxygen atoms in total. The number of para-hydroxylation sites is 1. The Balaban J connectivity index is 2.05. The highest BCUT2D eigenvalue weighted by molar-refractivity contribution is 5.95. The van der Waals surface area contributed by atoms with Crippen LogP contribution in [-0.2, 0) is 4.79 Å². The molecule has 24 heavy (non-hydrogen) atoms. The zero-order valence-electron chi connectivity index (χ0n) is 14.0. The van der Waals surface area contributed by atoms with E-state index in [1.54, 1.807) is 12.1 Å². The third kappa shape index (κ3) is 4.32. The van der Waals surface area contributed by atoms with Gasteiger partial charge in [-0.3, -0.25) is 14.9 Å². The van der Waals surface area contributed by atoms with Crippen LogP contribution in [-0.4, -0.2) is 17.4 Å². The number of nitro benzene ring substituents is 1. The smallest absolute Gasteiger partial charge is 0.271 e. The lowest BCUT2D eigenvalue weighted by molar-refractivity contribution is -0.384. The Morgan fingerprint density at radius 2 is 1.92 bits per heavy atom. The third-order valence-electron chi connectivity index (χ3n) is 3.70. The second kappa shape index (κ2) is 7.59. The fourth-order valence-electron chi connectivity index (χ4n) is 2.44. The van der Waals surface area contributed by atoms with Gasteiger partial charge in [0.1, 0.15) is 0 Å². The maximum atomic E-state index is 12.2. The highest BCUT2D eigenvalue weighted by atomic mass is 16.6. The standard InChI is InChI=1S/C18H21N3O3/c1-12(2)16-9-4-6-13(3)18(16)20-17(22)11-19-14-7-5-8-15(10-14)21(23)24/h4-10,12,19H,11H2,1-3H3,(H,20,22). The molecule has 0 spiro atoms. The Morgan fingerprint density at radius 3 is 2.58 bits per heavy atom. The quantitative estimate of drug-likeness (QED) is 0.618. The monoisotopic (exact) mass is 327 g/mol. The summed E-state index contributed by atoms with van der Waals surface area (Å²) in [6.45, 7) is 6.14. The van der Waals surface area contributed by atoms with Crippen molar-refractivity contribution in [1.82, 2.24) is 0 Å². The molecule has 2 rings (SSSR count). The molecular formula is C18H21N3O3. The predicted molar refractivity (Wildman–Crippen MR) is 95.5 cm³/mol. The van der Waals surface area contributed by atoms with Crippen molar-refractivity contribution in [1.29, 1.82) is 0 Å². The normalized spacial score (nSPS) is 10.5. The highest BCUT2D eigenvalue weighted by Gasteiger charge is 2.12. The molecule has 2 aromatic carbocycles. The number of amides is 1. The van der Waals surface area contributed by atoms with Crippen molar-refractivity contribution in [2.24, 2.45) is 0 Å². The van der Waals surface area contributed by atoms with E-state index in [-0.39, 0.29) is 18.1 Å². The van der Waals surface area contributed by atoms with Gasteiger partial charge in [-0.05, 0) is 30.0 Å². The van der Waals surface area contributed by atoms with Crippen LogP contribution in [0.3, 0.4) is 0 Å². The summed E-state index contributed by atoms with van der Waals surface area (Å²) in [5.41, 5.74) is 3.44. The van der Waals surface area contributed by atoms with Crippen LogP contribution >= 0.6 is 0 Å². The fourth-order valence-corrected chi connectivity index (χ4v) is 2.44. The van der Waals surface area contributed by atoms with Gasteiger partial charge in [0.05, 0.1) is 11.5 Å². The molecule has 0 saturated carbocycles. The van der Waals surface area contributed by atoms with E-state index in [0.29, 0.717) is 11.6 Å². The summed E-state index contributed by atoms with van der Waals surface area (Å²) in [7, 11) is 0. The van der Waals surface area contributed by atoms with Crippen LogP contribution in [0, 0.1) is 17.0 Å². The van der Waals surface area contributed by atoms with Crippen LogP contribution < -0.4 is 10.6 Å². The van der Waals surface area contributed by atoms with Gasteiger partial charge in [-0.25, -0.2) is 0 Å². The van der Waals surface area contributed by atoms with Crippen molar-refractivity contribution in [3.05, 3.63) is 63.7 Å². The van der Waals surface area contributed by atoms with Gasteiger partial charge >= 0.3 is 0 Å². The first-order valence-corrected chi connectivity index (χ1v) is 7.76. The van der Waals surface area contributed by atoms with E-state index in [4.69, 9.17) is 0 Å². The first-order chi connectivity index (χ1) is 11.4. The number of hydrogen-bond acceptors (Lipinski definition) is 4. The molecule has 0 aliphatic rings. The number of nitrogens with one attached hydrogen (secondary N) is 2. The van der Waals surface area contributed by atoms with Crippen molar-refractivity contribution in [3.63, 3.8) is 0 Å². The Bertz CT molecular complexity index is 757. The minimum Gasteiger partial charge on any atom is -0.376 e. The summed E-state index contributed by atoms with van der Waals surface area (Å²) in [5, 5.41) is 16.6. The number of rotatable bonds is 6. The van der Waals surface area contributed by atoms with Crippen LogP contribution in [0.15, 0.2) is 42.5 Å². The second-order valence-corrected chi connectivity index (χ2v) is 5.90. The lowest BCUT2D eigenvalue weighted by atomic mass is 9.98. The molecule has 0 atom stereocenters. The summed E-state index contributed by atoms with van der Waals surface area (Å²) in [4.78, 5) is 22.5. The SMILES string of the molecule is Cc1cccc(C(C)C)c1NC(=O)CNc1cccc([N+](=O)[O-])c1. The molecule has 0 fully saturated rings. The molecule has 2 aromatic rings. The number of anilines is 2. The Labute approximate surface area is 141 Å². The van der Waals surface area contributed by atoms with Crippen LogP contribution in [0.25, 0.3) is 0 Å². The predicted octanol–water partition coefficient (Wildman–Crippen LogP) is 4.08. The zero-order chi connectivity index (χ0) is 17.7. The molecule has 0 aromatic heterocycles. The summed E-state index contributed by atoms with van der Waals surface area (Å²) >= 11 is 0. The van der Waals surface area contributed by atoms with Crippen molar-refractivity contribution in [2.75, 3.05) is 17.2 Å². The van der Waals surface area contributed by atoms with Gasteiger partial charge in [-0.2, -0.15) is 0 Å². The fraction of sp³-hybridized carbons (Fsp3) is 0.278. The lowest BCUT2D eigenvalue weighted by Crippen LogP contribution is -2.23. The van der Waals surface area contributed by atoms with Gasteiger partial charge in [0.25, 0.3) is 5.69 Å². The van der Waals surface area contributed by atoms with Gasteiger partial charge in [-0.15, -0.1) is 0 Å². The van der Waals surface area contributed by atoms with E-state index in [2.05, 4.69) is 24.5 Å². The van der Waals surface area contributed by atoms with Crippen LogP contribution in [0.4, 0.5) is 17.1 Å². The molecule has 0 radical (unpaired) electrons. The van der Waals surface area contributed by atoms with Gasteiger partial charge in [0.15, 0.2) is 0 Å². The maximum absolute atomic E-state index is 12.2. The molecule has 0 bridgehead atoms. The van der Waals surface area contributed by atoms with Crippen LogP contribution in [0.2, 0.25) is 0 Å². The summed E-state index contributed by atoms with van der Waals surface area (Å²) in [6.07, 6.45) is 0. The number of aryl methyl sites for hydroxylation is 1. The summed E-state index contributed by atoms with van der Waals surface area (Å²) in [6, 6.07) is 12.0. The number of nitro groups is 1. The Morgan fingerprint density at radius 1 is 1.21 bits per heavy atom. The largest absolute Gasteiger partial charge is 0.376 e. The van der Waals surface area contributed by atoms with Gasteiger partial charge in [0, 0.05) is 23.5 Å². The maximum Gasteiger partial charge on any atom is 0.271 e. The Kier molecular flexibility index (Phi) is 5.52. The molecule has 0 aliphatic heterocycles. The number of nitrogens with zero attached hydrogens (tertiary/aromatic N) is 1. The Hall–Kier alpha value is -2.89. The number of carbonyl (C=O) groups excluding carboxylic acids is 1. The second-order valence-electron chi connectivity index (χ2n) is 5.90. The molecule has 0 heterocycles. The van der Waals surface area contributed by atoms with E-state index in [0.717, 1.165) is 16.8 Å². The minimum absolute atomic E-state index is 0.0126. The number of benzene rings is 2. The average molecular weight is 327 g/mol. The number of carbonyl (C=O) groups is 1.